The van der Waals surface area contributed by atoms with Crippen molar-refractivity contribution in [1.29, 1.82) is 0 Å². The van der Waals surface area contributed by atoms with Gasteiger partial charge in [-0.15, -0.1) is 0 Å². The fraction of sp³-hybridized carbons (Fsp3) is 0.556. The Hall–Kier alpha value is -1.41. The monoisotopic (exact) mass is 259 g/mol. The fourth-order valence-electron chi connectivity index (χ4n) is 1.68. The number of carbonyl (C=O) groups excluding carboxylic acids is 1. The van der Waals surface area contributed by atoms with Crippen molar-refractivity contribution in [3.63, 3.8) is 0 Å². The van der Waals surface area contributed by atoms with Gasteiger partial charge in [-0.2, -0.15) is 4.31 Å². The Bertz CT molecular complexity index is 462. The standard InChI is InChI=1S/C9H13N3O4S/c13-8-11-2-4-12(5-3-11)17(14,15)7-9-1-6-16-10-9/h1,6,8H,2-5,7H2. The molecule has 17 heavy (non-hydrogen) atoms. The molecule has 8 heteroatoms. The summed E-state index contributed by atoms with van der Waals surface area (Å²) in [5.74, 6) is -0.162. The molecular weight excluding hydrogens is 246 g/mol. The highest BCUT2D eigenvalue weighted by atomic mass is 32.2. The molecule has 0 aliphatic carbocycles. The number of amides is 1. The zero-order chi connectivity index (χ0) is 12.3. The van der Waals surface area contributed by atoms with Gasteiger partial charge in [0.15, 0.2) is 0 Å². The van der Waals surface area contributed by atoms with E-state index in [1.54, 1.807) is 4.90 Å². The van der Waals surface area contributed by atoms with Crippen LogP contribution in [0.15, 0.2) is 16.9 Å². The average Bonchev–Trinajstić information content (AvgIpc) is 2.81. The maximum Gasteiger partial charge on any atom is 0.220 e. The van der Waals surface area contributed by atoms with E-state index in [-0.39, 0.29) is 5.75 Å². The summed E-state index contributed by atoms with van der Waals surface area (Å²) >= 11 is 0. The van der Waals surface area contributed by atoms with Crippen molar-refractivity contribution in [2.24, 2.45) is 0 Å². The van der Waals surface area contributed by atoms with Crippen LogP contribution in [-0.2, 0) is 20.6 Å². The van der Waals surface area contributed by atoms with Crippen molar-refractivity contribution in [2.75, 3.05) is 26.2 Å². The first-order chi connectivity index (χ1) is 8.12. The number of aromatic nitrogens is 1. The van der Waals surface area contributed by atoms with Crippen LogP contribution in [0.1, 0.15) is 5.69 Å². The van der Waals surface area contributed by atoms with E-state index < -0.39 is 10.0 Å². The molecule has 1 amide bonds. The van der Waals surface area contributed by atoms with E-state index in [0.29, 0.717) is 31.9 Å². The Balaban J connectivity index is 1.99. The lowest BCUT2D eigenvalue weighted by molar-refractivity contribution is -0.119. The Morgan fingerprint density at radius 3 is 2.59 bits per heavy atom. The zero-order valence-corrected chi connectivity index (χ0v) is 9.97. The SMILES string of the molecule is O=CN1CCN(S(=O)(=O)Cc2ccon2)CC1. The second-order valence-electron chi connectivity index (χ2n) is 3.79. The zero-order valence-electron chi connectivity index (χ0n) is 9.15. The van der Waals surface area contributed by atoms with E-state index in [4.69, 9.17) is 0 Å². The van der Waals surface area contributed by atoms with E-state index in [9.17, 15) is 13.2 Å². The molecule has 1 aliphatic heterocycles. The molecule has 1 aromatic rings. The highest BCUT2D eigenvalue weighted by Gasteiger charge is 2.27. The van der Waals surface area contributed by atoms with E-state index >= 15 is 0 Å². The number of hydrogen-bond acceptors (Lipinski definition) is 5. The molecule has 1 saturated heterocycles. The topological polar surface area (TPSA) is 83.7 Å². The third kappa shape index (κ3) is 2.83. The molecule has 1 fully saturated rings. The van der Waals surface area contributed by atoms with Crippen LogP contribution in [0.25, 0.3) is 0 Å². The van der Waals surface area contributed by atoms with Gasteiger partial charge < -0.3 is 9.42 Å². The van der Waals surface area contributed by atoms with Gasteiger partial charge in [-0.25, -0.2) is 8.42 Å². The normalized spacial score (nSPS) is 18.2. The lowest BCUT2D eigenvalue weighted by Gasteiger charge is -2.31. The second-order valence-corrected chi connectivity index (χ2v) is 5.76. The van der Waals surface area contributed by atoms with E-state index in [2.05, 4.69) is 9.68 Å². The summed E-state index contributed by atoms with van der Waals surface area (Å²) in [7, 11) is -3.37. The maximum atomic E-state index is 12.0. The van der Waals surface area contributed by atoms with Gasteiger partial charge in [-0.3, -0.25) is 4.79 Å². The predicted molar refractivity (Wildman–Crippen MR) is 58.3 cm³/mol. The molecule has 0 bridgehead atoms. The van der Waals surface area contributed by atoms with Gasteiger partial charge in [0.1, 0.15) is 12.0 Å². The van der Waals surface area contributed by atoms with Gasteiger partial charge in [-0.05, 0) is 0 Å². The fourth-order valence-corrected chi connectivity index (χ4v) is 3.10. The molecule has 0 unspecified atom stereocenters. The quantitative estimate of drug-likeness (QED) is 0.666. The largest absolute Gasteiger partial charge is 0.364 e. The van der Waals surface area contributed by atoms with Crippen LogP contribution in [0.4, 0.5) is 0 Å². The number of piperazine rings is 1. The minimum Gasteiger partial charge on any atom is -0.364 e. The lowest BCUT2D eigenvalue weighted by Crippen LogP contribution is -2.48. The molecule has 1 aliphatic rings. The van der Waals surface area contributed by atoms with Crippen LogP contribution in [0.2, 0.25) is 0 Å². The van der Waals surface area contributed by atoms with Crippen LogP contribution in [-0.4, -0.2) is 55.4 Å². The van der Waals surface area contributed by atoms with Crippen molar-refractivity contribution in [3.05, 3.63) is 18.0 Å². The van der Waals surface area contributed by atoms with Crippen LogP contribution in [0, 0.1) is 0 Å². The third-order valence-corrected chi connectivity index (χ3v) is 4.45. The molecule has 0 aromatic carbocycles. The van der Waals surface area contributed by atoms with Crippen LogP contribution in [0.5, 0.6) is 0 Å². The first-order valence-electron chi connectivity index (χ1n) is 5.18. The van der Waals surface area contributed by atoms with Gasteiger partial charge in [0.25, 0.3) is 0 Å². The van der Waals surface area contributed by atoms with Crippen molar-refractivity contribution < 1.29 is 17.7 Å². The number of carbonyl (C=O) groups is 1. The molecule has 2 heterocycles. The van der Waals surface area contributed by atoms with Crippen LogP contribution in [0.3, 0.4) is 0 Å². The van der Waals surface area contributed by atoms with Gasteiger partial charge in [0.05, 0.1) is 5.69 Å². The summed E-state index contributed by atoms with van der Waals surface area (Å²) in [6, 6.07) is 1.53. The van der Waals surface area contributed by atoms with Crippen molar-refractivity contribution in [2.45, 2.75) is 5.75 Å². The third-order valence-electron chi connectivity index (χ3n) is 2.64. The summed E-state index contributed by atoms with van der Waals surface area (Å²) in [4.78, 5) is 12.1. The average molecular weight is 259 g/mol. The summed E-state index contributed by atoms with van der Waals surface area (Å²) in [5, 5.41) is 3.58. The summed E-state index contributed by atoms with van der Waals surface area (Å²) < 4.78 is 29.9. The van der Waals surface area contributed by atoms with Gasteiger partial charge in [0, 0.05) is 32.2 Å². The molecule has 0 spiro atoms. The predicted octanol–water partition coefficient (Wildman–Crippen LogP) is -0.722. The minimum absolute atomic E-state index is 0.162. The Labute approximate surface area is 99.0 Å². The number of nitrogens with zero attached hydrogens (tertiary/aromatic N) is 3. The molecule has 94 valence electrons. The first-order valence-corrected chi connectivity index (χ1v) is 6.79. The minimum atomic E-state index is -3.37. The number of rotatable bonds is 4. The van der Waals surface area contributed by atoms with Crippen molar-refractivity contribution in [3.8, 4) is 0 Å². The number of hydrogen-bond donors (Lipinski definition) is 0. The van der Waals surface area contributed by atoms with Crippen LogP contribution < -0.4 is 0 Å². The summed E-state index contributed by atoms with van der Waals surface area (Å²) in [5.41, 5.74) is 0.391. The first kappa shape index (κ1) is 12.1. The molecule has 2 rings (SSSR count). The lowest BCUT2D eigenvalue weighted by atomic mass is 10.4. The second kappa shape index (κ2) is 4.84. The molecule has 0 N–H and O–H groups in total. The molecule has 0 saturated carbocycles. The Kier molecular flexibility index (Phi) is 3.43. The van der Waals surface area contributed by atoms with E-state index in [0.717, 1.165) is 6.41 Å². The highest BCUT2D eigenvalue weighted by molar-refractivity contribution is 7.88. The molecule has 7 nitrogen and oxygen atoms in total. The molecule has 0 atom stereocenters. The van der Waals surface area contributed by atoms with Crippen molar-refractivity contribution in [1.82, 2.24) is 14.4 Å². The van der Waals surface area contributed by atoms with Gasteiger partial charge >= 0.3 is 0 Å². The Morgan fingerprint density at radius 1 is 1.35 bits per heavy atom. The summed E-state index contributed by atoms with van der Waals surface area (Å²) in [6.07, 6.45) is 2.08. The van der Waals surface area contributed by atoms with Gasteiger partial charge in [0.2, 0.25) is 16.4 Å². The molecule has 0 radical (unpaired) electrons. The Morgan fingerprint density at radius 2 is 2.06 bits per heavy atom. The van der Waals surface area contributed by atoms with Crippen molar-refractivity contribution >= 4 is 16.4 Å². The van der Waals surface area contributed by atoms with E-state index in [1.165, 1.54) is 16.6 Å². The maximum absolute atomic E-state index is 12.0. The van der Waals surface area contributed by atoms with Gasteiger partial charge in [-0.1, -0.05) is 5.16 Å². The number of sulfonamides is 1. The summed E-state index contributed by atoms with van der Waals surface area (Å²) in [6.45, 7) is 1.53. The molecule has 1 aromatic heterocycles. The van der Waals surface area contributed by atoms with E-state index in [1.807, 2.05) is 0 Å². The van der Waals surface area contributed by atoms with Crippen LogP contribution >= 0.6 is 0 Å². The highest BCUT2D eigenvalue weighted by Crippen LogP contribution is 2.11. The smallest absolute Gasteiger partial charge is 0.220 e. The molecular formula is C9H13N3O4S.